The van der Waals surface area contributed by atoms with Gasteiger partial charge in [0.05, 0.1) is 0 Å². The van der Waals surface area contributed by atoms with E-state index < -0.39 is 6.10 Å². The number of carbonyl (C=O) groups excluding carboxylic acids is 3. The minimum Gasteiger partial charge on any atom is -0.462 e. The van der Waals surface area contributed by atoms with Crippen LogP contribution in [0.25, 0.3) is 0 Å². The largest absolute Gasteiger partial charge is 0.462 e. The third-order valence-corrected chi connectivity index (χ3v) is 12.6. The van der Waals surface area contributed by atoms with E-state index in [-0.39, 0.29) is 31.1 Å². The first-order chi connectivity index (χ1) is 34.5. The summed E-state index contributed by atoms with van der Waals surface area (Å²) in [5.41, 5.74) is 0. The van der Waals surface area contributed by atoms with Gasteiger partial charge in [-0.05, 0) is 116 Å². The average Bonchev–Trinajstić information content (AvgIpc) is 3.36. The molecule has 0 unspecified atom stereocenters. The van der Waals surface area contributed by atoms with Crippen LogP contribution in [0.2, 0.25) is 0 Å². The Morgan fingerprint density at radius 3 is 0.900 bits per heavy atom. The first-order valence-corrected chi connectivity index (χ1v) is 29.6. The van der Waals surface area contributed by atoms with Crippen molar-refractivity contribution in [3.63, 3.8) is 0 Å². The summed E-state index contributed by atoms with van der Waals surface area (Å²) in [4.78, 5) is 38.2. The summed E-state index contributed by atoms with van der Waals surface area (Å²) in [5.74, 6) is -0.934. The van der Waals surface area contributed by atoms with Gasteiger partial charge in [-0.3, -0.25) is 14.4 Å². The zero-order valence-electron chi connectivity index (χ0n) is 46.0. The number of hydrogen-bond donors (Lipinski definition) is 0. The predicted molar refractivity (Wildman–Crippen MR) is 302 cm³/mol. The van der Waals surface area contributed by atoms with Gasteiger partial charge in [-0.2, -0.15) is 0 Å². The van der Waals surface area contributed by atoms with E-state index in [1.807, 2.05) is 0 Å². The monoisotopic (exact) mass is 975 g/mol. The molecule has 0 N–H and O–H groups in total. The van der Waals surface area contributed by atoms with Crippen LogP contribution in [0.1, 0.15) is 284 Å². The molecule has 6 heteroatoms. The fraction of sp³-hybridized carbons (Fsp3) is 0.734. The number of esters is 3. The Labute approximate surface area is 433 Å². The standard InChI is InChI=1S/C64H110O6/c1-4-7-10-13-16-19-22-25-28-30-32-34-36-39-42-45-48-51-54-57-63(66)69-60-61(59-68-62(65)56-53-50-47-44-41-38-27-24-21-18-15-12-9-6-3)70-64(67)58-55-52-49-46-43-40-37-35-33-31-29-26-23-20-17-14-11-8-5-2/h15-16,18-19,24-29,32,34,39,42,61H,4-14,17,20-23,30-31,33,35-38,40-41,43-60H2,1-3H3/b18-15+,19-16+,27-24+,28-25+,29-26+,34-32+,42-39+/t61-/m1/s1. The Bertz CT molecular complexity index is 1350. The van der Waals surface area contributed by atoms with Gasteiger partial charge in [-0.1, -0.05) is 234 Å². The zero-order valence-corrected chi connectivity index (χ0v) is 46.0. The molecule has 0 aliphatic heterocycles. The molecule has 0 rings (SSSR count). The molecule has 0 heterocycles. The van der Waals surface area contributed by atoms with Crippen LogP contribution in [0.5, 0.6) is 0 Å². The summed E-state index contributed by atoms with van der Waals surface area (Å²) in [5, 5.41) is 0. The molecule has 0 bridgehead atoms. The van der Waals surface area contributed by atoms with E-state index in [9.17, 15) is 14.4 Å². The second kappa shape index (κ2) is 58.2. The van der Waals surface area contributed by atoms with Crippen LogP contribution in [0.4, 0.5) is 0 Å². The average molecular weight is 976 g/mol. The van der Waals surface area contributed by atoms with Crippen molar-refractivity contribution in [1.82, 2.24) is 0 Å². The molecular formula is C64H110O6. The van der Waals surface area contributed by atoms with Gasteiger partial charge in [0.15, 0.2) is 6.10 Å². The lowest BCUT2D eigenvalue weighted by Crippen LogP contribution is -2.30. The molecule has 0 amide bonds. The van der Waals surface area contributed by atoms with Crippen LogP contribution in [0.15, 0.2) is 85.1 Å². The molecule has 0 saturated carbocycles. The SMILES string of the molecule is CCCC/C=C/C/C=C/CCCCCCCC(=O)OC[C@H](COC(=O)CCCCC/C=C/C/C=C/C/C=C/C/C=C/CCCCC)OC(=O)CCCCCCCCCCC/C=C/CCCCCCCC. The Balaban J connectivity index is 4.45. The lowest BCUT2D eigenvalue weighted by Gasteiger charge is -2.18. The zero-order chi connectivity index (χ0) is 50.7. The molecule has 0 aromatic heterocycles. The summed E-state index contributed by atoms with van der Waals surface area (Å²) in [6.07, 6.45) is 75.7. The van der Waals surface area contributed by atoms with E-state index in [2.05, 4.69) is 106 Å². The van der Waals surface area contributed by atoms with Crippen molar-refractivity contribution < 1.29 is 28.6 Å². The second-order valence-corrected chi connectivity index (χ2v) is 19.5. The molecule has 6 nitrogen and oxygen atoms in total. The van der Waals surface area contributed by atoms with Crippen LogP contribution < -0.4 is 0 Å². The number of hydrogen-bond acceptors (Lipinski definition) is 6. The molecule has 0 aromatic rings. The number of rotatable bonds is 53. The van der Waals surface area contributed by atoms with E-state index in [0.717, 1.165) is 109 Å². The van der Waals surface area contributed by atoms with E-state index in [1.165, 1.54) is 135 Å². The van der Waals surface area contributed by atoms with Crippen LogP contribution >= 0.6 is 0 Å². The molecule has 0 fully saturated rings. The highest BCUT2D eigenvalue weighted by Crippen LogP contribution is 2.15. The van der Waals surface area contributed by atoms with Crippen LogP contribution in [0, 0.1) is 0 Å². The summed E-state index contributed by atoms with van der Waals surface area (Å²) in [6, 6.07) is 0. The molecule has 0 radical (unpaired) electrons. The fourth-order valence-electron chi connectivity index (χ4n) is 8.08. The van der Waals surface area contributed by atoms with Gasteiger partial charge in [0.2, 0.25) is 0 Å². The van der Waals surface area contributed by atoms with Gasteiger partial charge < -0.3 is 14.2 Å². The number of ether oxygens (including phenoxy) is 3. The van der Waals surface area contributed by atoms with Crippen molar-refractivity contribution in [2.24, 2.45) is 0 Å². The molecule has 0 aliphatic rings. The molecule has 402 valence electrons. The first kappa shape index (κ1) is 66.6. The van der Waals surface area contributed by atoms with Crippen molar-refractivity contribution in [3.8, 4) is 0 Å². The third kappa shape index (κ3) is 55.5. The topological polar surface area (TPSA) is 78.9 Å². The number of allylic oxidation sites excluding steroid dienone is 14. The highest BCUT2D eigenvalue weighted by molar-refractivity contribution is 5.71. The Morgan fingerprint density at radius 1 is 0.286 bits per heavy atom. The number of carbonyl (C=O) groups is 3. The fourth-order valence-corrected chi connectivity index (χ4v) is 8.08. The highest BCUT2D eigenvalue weighted by Gasteiger charge is 2.19. The van der Waals surface area contributed by atoms with Gasteiger partial charge in [-0.15, -0.1) is 0 Å². The minimum atomic E-state index is -0.798. The lowest BCUT2D eigenvalue weighted by atomic mass is 10.1. The highest BCUT2D eigenvalue weighted by atomic mass is 16.6. The first-order valence-electron chi connectivity index (χ1n) is 29.6. The molecule has 0 aliphatic carbocycles. The molecule has 70 heavy (non-hydrogen) atoms. The van der Waals surface area contributed by atoms with Gasteiger partial charge in [0.1, 0.15) is 13.2 Å². The maximum atomic E-state index is 12.9. The molecule has 1 atom stereocenters. The number of unbranched alkanes of at least 4 members (excludes halogenated alkanes) is 28. The van der Waals surface area contributed by atoms with Crippen molar-refractivity contribution >= 4 is 17.9 Å². The Kier molecular flexibility index (Phi) is 55.3. The minimum absolute atomic E-state index is 0.0947. The van der Waals surface area contributed by atoms with Gasteiger partial charge in [-0.25, -0.2) is 0 Å². The summed E-state index contributed by atoms with van der Waals surface area (Å²) < 4.78 is 16.8. The summed E-state index contributed by atoms with van der Waals surface area (Å²) in [6.45, 7) is 6.54. The normalized spacial score (nSPS) is 12.7. The summed E-state index contributed by atoms with van der Waals surface area (Å²) >= 11 is 0. The van der Waals surface area contributed by atoms with Crippen molar-refractivity contribution in [1.29, 1.82) is 0 Å². The molecule has 0 aromatic carbocycles. The van der Waals surface area contributed by atoms with Crippen LogP contribution in [0.3, 0.4) is 0 Å². The van der Waals surface area contributed by atoms with Crippen molar-refractivity contribution in [2.75, 3.05) is 13.2 Å². The predicted octanol–water partition coefficient (Wildman–Crippen LogP) is 19.9. The molecule has 0 spiro atoms. The van der Waals surface area contributed by atoms with Crippen molar-refractivity contribution in [3.05, 3.63) is 85.1 Å². The quantitative estimate of drug-likeness (QED) is 0.0261. The second-order valence-electron chi connectivity index (χ2n) is 19.5. The molecular weight excluding hydrogens is 865 g/mol. The van der Waals surface area contributed by atoms with E-state index in [1.54, 1.807) is 0 Å². The van der Waals surface area contributed by atoms with Gasteiger partial charge >= 0.3 is 17.9 Å². The summed E-state index contributed by atoms with van der Waals surface area (Å²) in [7, 11) is 0. The van der Waals surface area contributed by atoms with E-state index in [0.29, 0.717) is 19.3 Å². The van der Waals surface area contributed by atoms with Gasteiger partial charge in [0.25, 0.3) is 0 Å². The Hall–Kier alpha value is -3.41. The van der Waals surface area contributed by atoms with Crippen molar-refractivity contribution in [2.45, 2.75) is 290 Å². The third-order valence-electron chi connectivity index (χ3n) is 12.6. The maximum absolute atomic E-state index is 12.9. The van der Waals surface area contributed by atoms with Gasteiger partial charge in [0, 0.05) is 19.3 Å². The molecule has 0 saturated heterocycles. The van der Waals surface area contributed by atoms with Crippen LogP contribution in [-0.2, 0) is 28.6 Å². The van der Waals surface area contributed by atoms with Crippen LogP contribution in [-0.4, -0.2) is 37.2 Å². The Morgan fingerprint density at radius 2 is 0.529 bits per heavy atom. The maximum Gasteiger partial charge on any atom is 0.306 e. The van der Waals surface area contributed by atoms with E-state index in [4.69, 9.17) is 14.2 Å². The van der Waals surface area contributed by atoms with E-state index >= 15 is 0 Å². The smallest absolute Gasteiger partial charge is 0.306 e. The lowest BCUT2D eigenvalue weighted by molar-refractivity contribution is -0.167.